The van der Waals surface area contributed by atoms with Crippen molar-refractivity contribution in [2.45, 2.75) is 29.6 Å². The Bertz CT molecular complexity index is 1010. The maximum absolute atomic E-state index is 6.13. The molecule has 1 aromatic heterocycles. The van der Waals surface area contributed by atoms with Gasteiger partial charge >= 0.3 is 0 Å². The second kappa shape index (κ2) is 9.70. The Morgan fingerprint density at radius 1 is 0.935 bits per heavy atom. The first kappa shape index (κ1) is 22.3. The number of hydrogen-bond donors (Lipinski definition) is 1. The second-order valence-electron chi connectivity index (χ2n) is 7.62. The summed E-state index contributed by atoms with van der Waals surface area (Å²) in [4.78, 5) is 15.9. The lowest BCUT2D eigenvalue weighted by molar-refractivity contribution is 0.226. The number of hydrogen-bond acceptors (Lipinski definition) is 5. The number of nitrogens with zero attached hydrogens (tertiary/aromatic N) is 4. The molecule has 1 N–H and O–H groups in total. The Balaban J connectivity index is 1.63. The summed E-state index contributed by atoms with van der Waals surface area (Å²) in [6.45, 7) is 5.24. The monoisotopic (exact) mass is 475 g/mol. The predicted octanol–water partition coefficient (Wildman–Crippen LogP) is 5.93. The summed E-state index contributed by atoms with van der Waals surface area (Å²) in [5.74, 6) is 1.02. The summed E-state index contributed by atoms with van der Waals surface area (Å²) < 4.78 is -1.74. The number of likely N-dealkylation sites (tertiary alicyclic amines) is 1. The predicted molar refractivity (Wildman–Crippen MR) is 129 cm³/mol. The van der Waals surface area contributed by atoms with Gasteiger partial charge < -0.3 is 10.2 Å². The highest BCUT2D eigenvalue weighted by Gasteiger charge is 2.29. The number of benzene rings is 2. The molecule has 0 aliphatic carbocycles. The van der Waals surface area contributed by atoms with E-state index < -0.39 is 3.79 Å². The van der Waals surface area contributed by atoms with E-state index in [2.05, 4.69) is 44.2 Å². The molecule has 2 aromatic carbocycles. The van der Waals surface area contributed by atoms with E-state index in [1.54, 1.807) is 0 Å². The van der Waals surface area contributed by atoms with Gasteiger partial charge in [0, 0.05) is 18.2 Å². The van der Waals surface area contributed by atoms with E-state index >= 15 is 0 Å². The topological polar surface area (TPSA) is 53.9 Å². The van der Waals surface area contributed by atoms with Gasteiger partial charge in [-0.3, -0.25) is 0 Å². The molecule has 162 valence electrons. The number of aromatic nitrogens is 3. The van der Waals surface area contributed by atoms with Crippen LogP contribution in [-0.4, -0.2) is 45.5 Å². The maximum atomic E-state index is 6.13. The molecule has 5 nitrogen and oxygen atoms in total. The molecule has 8 heteroatoms. The molecular formula is C23H24Cl3N5. The molecule has 0 bridgehead atoms. The van der Waals surface area contributed by atoms with Gasteiger partial charge in [-0.05, 0) is 37.1 Å². The van der Waals surface area contributed by atoms with Crippen LogP contribution < -0.4 is 5.32 Å². The van der Waals surface area contributed by atoms with Crippen LogP contribution in [0.15, 0.2) is 54.6 Å². The molecule has 1 aliphatic heterocycles. The minimum absolute atomic E-state index is 0.111. The summed E-state index contributed by atoms with van der Waals surface area (Å²) in [5.41, 5.74) is 3.09. The highest BCUT2D eigenvalue weighted by Crippen LogP contribution is 2.37. The first-order chi connectivity index (χ1) is 14.9. The molecule has 0 amide bonds. The molecule has 1 fully saturated rings. The quantitative estimate of drug-likeness (QED) is 0.463. The largest absolute Gasteiger partial charge is 0.350 e. The van der Waals surface area contributed by atoms with Crippen molar-refractivity contribution in [3.05, 3.63) is 60.4 Å². The highest BCUT2D eigenvalue weighted by molar-refractivity contribution is 6.66. The van der Waals surface area contributed by atoms with Gasteiger partial charge in [0.15, 0.2) is 11.6 Å². The lowest BCUT2D eigenvalue weighted by Crippen LogP contribution is -2.42. The van der Waals surface area contributed by atoms with E-state index in [4.69, 9.17) is 34.8 Å². The molecule has 2 heterocycles. The molecule has 1 atom stereocenters. The third-order valence-electron chi connectivity index (χ3n) is 5.43. The van der Waals surface area contributed by atoms with Gasteiger partial charge in [-0.15, -0.1) is 0 Å². The zero-order valence-electron chi connectivity index (χ0n) is 17.2. The lowest BCUT2D eigenvalue weighted by Gasteiger charge is -2.32. The van der Waals surface area contributed by atoms with E-state index in [0.29, 0.717) is 11.8 Å². The number of anilines is 1. The van der Waals surface area contributed by atoms with Crippen LogP contribution in [0.3, 0.4) is 0 Å². The van der Waals surface area contributed by atoms with Crippen LogP contribution in [-0.2, 0) is 3.79 Å². The zero-order chi connectivity index (χ0) is 21.8. The van der Waals surface area contributed by atoms with Crippen LogP contribution in [0, 0.1) is 0 Å². The van der Waals surface area contributed by atoms with Crippen molar-refractivity contribution in [1.29, 1.82) is 0 Å². The minimum Gasteiger partial charge on any atom is -0.350 e. The third-order valence-corrected chi connectivity index (χ3v) is 5.93. The first-order valence-corrected chi connectivity index (χ1v) is 11.5. The summed E-state index contributed by atoms with van der Waals surface area (Å²) in [6.07, 6.45) is 2.17. The average molecular weight is 477 g/mol. The van der Waals surface area contributed by atoms with Crippen LogP contribution in [0.5, 0.6) is 0 Å². The Labute approximate surface area is 197 Å². The molecular weight excluding hydrogens is 453 g/mol. The van der Waals surface area contributed by atoms with Crippen molar-refractivity contribution < 1.29 is 0 Å². The van der Waals surface area contributed by atoms with Gasteiger partial charge in [0.1, 0.15) is 0 Å². The number of piperidine rings is 1. The van der Waals surface area contributed by atoms with Crippen molar-refractivity contribution in [3.63, 3.8) is 0 Å². The Hall–Kier alpha value is -1.92. The first-order valence-electron chi connectivity index (χ1n) is 10.4. The van der Waals surface area contributed by atoms with E-state index in [0.717, 1.165) is 49.2 Å². The normalized spacial score (nSPS) is 17.5. The summed E-state index contributed by atoms with van der Waals surface area (Å²) in [5, 5.41) is 3.43. The molecule has 0 spiro atoms. The standard InChI is InChI=1S/C23H24Cl3N5/c1-2-31-14-6-9-19(15-31)27-22-29-20(28-21(30-22)23(24,25)26)18-12-10-17(11-13-18)16-7-4-3-5-8-16/h3-5,7-8,10-13,19H,2,6,9,14-15H2,1H3,(H,27,28,29,30). The van der Waals surface area contributed by atoms with Crippen molar-refractivity contribution >= 4 is 40.8 Å². The van der Waals surface area contributed by atoms with Gasteiger partial charge in [-0.25, -0.2) is 4.98 Å². The molecule has 0 saturated carbocycles. The van der Waals surface area contributed by atoms with Crippen molar-refractivity contribution in [2.24, 2.45) is 0 Å². The van der Waals surface area contributed by atoms with E-state index in [9.17, 15) is 0 Å². The molecule has 1 saturated heterocycles. The fraction of sp³-hybridized carbons (Fsp3) is 0.348. The number of alkyl halides is 3. The zero-order valence-corrected chi connectivity index (χ0v) is 19.5. The van der Waals surface area contributed by atoms with Gasteiger partial charge in [0.05, 0.1) is 0 Å². The fourth-order valence-electron chi connectivity index (χ4n) is 3.78. The summed E-state index contributed by atoms with van der Waals surface area (Å²) in [7, 11) is 0. The van der Waals surface area contributed by atoms with Gasteiger partial charge in [0.2, 0.25) is 9.74 Å². The van der Waals surface area contributed by atoms with Crippen LogP contribution in [0.1, 0.15) is 25.6 Å². The van der Waals surface area contributed by atoms with Crippen LogP contribution in [0.4, 0.5) is 5.95 Å². The smallest absolute Gasteiger partial charge is 0.250 e. The van der Waals surface area contributed by atoms with Gasteiger partial charge in [-0.1, -0.05) is 96.3 Å². The number of rotatable bonds is 5. The average Bonchev–Trinajstić information content (AvgIpc) is 2.79. The second-order valence-corrected chi connectivity index (χ2v) is 9.91. The van der Waals surface area contributed by atoms with Crippen LogP contribution >= 0.6 is 34.8 Å². The lowest BCUT2D eigenvalue weighted by atomic mass is 10.0. The number of halogens is 3. The fourth-order valence-corrected chi connectivity index (χ4v) is 4.04. The maximum Gasteiger partial charge on any atom is 0.250 e. The van der Waals surface area contributed by atoms with E-state index in [-0.39, 0.29) is 11.9 Å². The Morgan fingerprint density at radius 3 is 2.29 bits per heavy atom. The number of likely N-dealkylation sites (N-methyl/N-ethyl adjacent to an activating group) is 1. The highest BCUT2D eigenvalue weighted by atomic mass is 35.6. The van der Waals surface area contributed by atoms with Crippen molar-refractivity contribution in [2.75, 3.05) is 25.0 Å². The Morgan fingerprint density at radius 2 is 1.61 bits per heavy atom. The van der Waals surface area contributed by atoms with E-state index in [1.807, 2.05) is 42.5 Å². The molecule has 3 aromatic rings. The Kier molecular flexibility index (Phi) is 6.97. The van der Waals surface area contributed by atoms with Crippen molar-refractivity contribution in [1.82, 2.24) is 19.9 Å². The molecule has 1 unspecified atom stereocenters. The SMILES string of the molecule is CCN1CCCC(Nc2nc(-c3ccc(-c4ccccc4)cc3)nc(C(Cl)(Cl)Cl)n2)C1. The minimum atomic E-state index is -1.74. The number of nitrogens with one attached hydrogen (secondary N) is 1. The van der Waals surface area contributed by atoms with Crippen LogP contribution in [0.2, 0.25) is 0 Å². The van der Waals surface area contributed by atoms with Crippen molar-refractivity contribution in [3.8, 4) is 22.5 Å². The summed E-state index contributed by atoms with van der Waals surface area (Å²) >= 11 is 18.4. The van der Waals surface area contributed by atoms with E-state index in [1.165, 1.54) is 0 Å². The molecule has 4 rings (SSSR count). The third kappa shape index (κ3) is 5.66. The van der Waals surface area contributed by atoms with Gasteiger partial charge in [-0.2, -0.15) is 9.97 Å². The molecule has 1 aliphatic rings. The van der Waals surface area contributed by atoms with Crippen LogP contribution in [0.25, 0.3) is 22.5 Å². The van der Waals surface area contributed by atoms with Gasteiger partial charge in [0.25, 0.3) is 0 Å². The molecule has 31 heavy (non-hydrogen) atoms. The summed E-state index contributed by atoms with van der Waals surface area (Å²) in [6, 6.07) is 18.5. The molecule has 0 radical (unpaired) electrons.